The summed E-state index contributed by atoms with van der Waals surface area (Å²) in [6.45, 7) is 9.07. The Morgan fingerprint density at radius 2 is 2.18 bits per heavy atom. The van der Waals surface area contributed by atoms with Gasteiger partial charge in [0.15, 0.2) is 0 Å². The van der Waals surface area contributed by atoms with Crippen LogP contribution in [-0.4, -0.2) is 49.7 Å². The molecule has 1 aliphatic heterocycles. The van der Waals surface area contributed by atoms with Gasteiger partial charge in [0.25, 0.3) is 0 Å². The van der Waals surface area contributed by atoms with Gasteiger partial charge in [0.2, 0.25) is 5.91 Å². The van der Waals surface area contributed by atoms with Crippen LogP contribution < -0.4 is 5.32 Å². The predicted octanol–water partition coefficient (Wildman–Crippen LogP) is 2.29. The fourth-order valence-corrected chi connectivity index (χ4v) is 4.75. The highest BCUT2D eigenvalue weighted by Gasteiger charge is 2.40. The lowest BCUT2D eigenvalue weighted by Gasteiger charge is -2.34. The average molecular weight is 308 g/mol. The molecule has 0 aromatic heterocycles. The number of amides is 1. The molecule has 1 heterocycles. The number of nitrogens with one attached hydrogen (secondary N) is 1. The number of rotatable bonds is 6. The van der Waals surface area contributed by atoms with Crippen LogP contribution in [0.5, 0.6) is 0 Å². The molecule has 22 heavy (non-hydrogen) atoms. The van der Waals surface area contributed by atoms with Crippen molar-refractivity contribution in [3.8, 4) is 0 Å². The summed E-state index contributed by atoms with van der Waals surface area (Å²) in [5, 5.41) is 3.12. The Morgan fingerprint density at radius 3 is 2.86 bits per heavy atom. The molecule has 4 heteroatoms. The number of ether oxygens (including phenoxy) is 1. The van der Waals surface area contributed by atoms with E-state index in [4.69, 9.17) is 4.74 Å². The number of carbonyl (C=O) groups excluding carboxylic acids is 1. The lowest BCUT2D eigenvalue weighted by atomic mass is 9.86. The van der Waals surface area contributed by atoms with Gasteiger partial charge >= 0.3 is 0 Å². The summed E-state index contributed by atoms with van der Waals surface area (Å²) in [6, 6.07) is 0. The summed E-state index contributed by atoms with van der Waals surface area (Å²) in [5.74, 6) is 3.34. The summed E-state index contributed by atoms with van der Waals surface area (Å²) < 4.78 is 5.80. The van der Waals surface area contributed by atoms with Crippen molar-refractivity contribution in [2.75, 3.05) is 32.8 Å². The highest BCUT2D eigenvalue weighted by Crippen LogP contribution is 2.49. The monoisotopic (exact) mass is 308 g/mol. The molecule has 0 radical (unpaired) electrons. The van der Waals surface area contributed by atoms with E-state index in [1.54, 1.807) is 0 Å². The molecular weight excluding hydrogens is 276 g/mol. The zero-order valence-corrected chi connectivity index (χ0v) is 14.2. The molecule has 4 atom stereocenters. The minimum Gasteiger partial charge on any atom is -0.374 e. The fraction of sp³-hybridized carbons (Fsp3) is 0.944. The van der Waals surface area contributed by atoms with Crippen LogP contribution in [0.1, 0.15) is 46.0 Å². The van der Waals surface area contributed by atoms with Gasteiger partial charge in [-0.2, -0.15) is 0 Å². The van der Waals surface area contributed by atoms with Crippen LogP contribution in [0.15, 0.2) is 0 Å². The first-order valence-corrected chi connectivity index (χ1v) is 9.20. The maximum absolute atomic E-state index is 12.2. The molecule has 0 spiro atoms. The van der Waals surface area contributed by atoms with E-state index in [0.717, 1.165) is 44.5 Å². The molecule has 2 aliphatic carbocycles. The normalized spacial score (nSPS) is 35.2. The third-order valence-electron chi connectivity index (χ3n) is 5.71. The third kappa shape index (κ3) is 4.23. The van der Waals surface area contributed by atoms with Gasteiger partial charge < -0.3 is 10.1 Å². The van der Waals surface area contributed by atoms with Crippen LogP contribution in [0.2, 0.25) is 0 Å². The van der Waals surface area contributed by atoms with E-state index >= 15 is 0 Å². The minimum atomic E-state index is 0.163. The van der Waals surface area contributed by atoms with Crippen molar-refractivity contribution in [2.24, 2.45) is 23.7 Å². The Hall–Kier alpha value is -0.610. The smallest absolute Gasteiger partial charge is 0.220 e. The molecule has 3 fully saturated rings. The van der Waals surface area contributed by atoms with Gasteiger partial charge in [-0.15, -0.1) is 0 Å². The van der Waals surface area contributed by atoms with E-state index < -0.39 is 0 Å². The maximum Gasteiger partial charge on any atom is 0.220 e. The lowest BCUT2D eigenvalue weighted by molar-refractivity contribution is -0.123. The maximum atomic E-state index is 12.2. The highest BCUT2D eigenvalue weighted by molar-refractivity contribution is 5.76. The van der Waals surface area contributed by atoms with Crippen molar-refractivity contribution in [1.82, 2.24) is 10.2 Å². The Labute approximate surface area is 135 Å². The first-order chi connectivity index (χ1) is 10.6. The first-order valence-electron chi connectivity index (χ1n) is 9.20. The summed E-state index contributed by atoms with van der Waals surface area (Å²) in [7, 11) is 0. The molecule has 3 aliphatic rings. The van der Waals surface area contributed by atoms with E-state index in [1.807, 2.05) is 0 Å². The Morgan fingerprint density at radius 1 is 1.32 bits per heavy atom. The number of hydrogen-bond donors (Lipinski definition) is 1. The number of morpholine rings is 1. The zero-order valence-electron chi connectivity index (χ0n) is 14.2. The van der Waals surface area contributed by atoms with Crippen molar-refractivity contribution in [2.45, 2.75) is 52.1 Å². The van der Waals surface area contributed by atoms with Gasteiger partial charge in [0.05, 0.1) is 12.7 Å². The summed E-state index contributed by atoms with van der Waals surface area (Å²) in [6.07, 6.45) is 6.34. The molecule has 0 unspecified atom stereocenters. The molecule has 126 valence electrons. The molecule has 2 bridgehead atoms. The summed E-state index contributed by atoms with van der Waals surface area (Å²) in [4.78, 5) is 14.7. The Balaban J connectivity index is 1.36. The third-order valence-corrected chi connectivity index (χ3v) is 5.71. The molecule has 1 amide bonds. The van der Waals surface area contributed by atoms with Gasteiger partial charge in [-0.3, -0.25) is 9.69 Å². The molecule has 1 N–H and O–H groups in total. The molecule has 1 saturated heterocycles. The van der Waals surface area contributed by atoms with Crippen LogP contribution >= 0.6 is 0 Å². The lowest BCUT2D eigenvalue weighted by Crippen LogP contribution is -2.48. The minimum absolute atomic E-state index is 0.163. The van der Waals surface area contributed by atoms with E-state index in [2.05, 4.69) is 24.1 Å². The van der Waals surface area contributed by atoms with Gasteiger partial charge in [-0.1, -0.05) is 20.3 Å². The Kier molecular flexibility index (Phi) is 5.40. The van der Waals surface area contributed by atoms with Crippen LogP contribution in [0.25, 0.3) is 0 Å². The topological polar surface area (TPSA) is 41.6 Å². The molecule has 3 rings (SSSR count). The molecule has 4 nitrogen and oxygen atoms in total. The van der Waals surface area contributed by atoms with Crippen LogP contribution in [0.3, 0.4) is 0 Å². The standard InChI is InChI=1S/C18H32N2O2/c1-13(2)11-20-5-6-22-17(12-20)10-19-18(21)9-16-8-14-3-4-15(16)7-14/h13-17H,3-12H2,1-2H3,(H,19,21)/t14-,15-,16+,17-/m0/s1. The van der Waals surface area contributed by atoms with E-state index in [-0.39, 0.29) is 12.0 Å². The highest BCUT2D eigenvalue weighted by atomic mass is 16.5. The second-order valence-corrected chi connectivity index (χ2v) is 8.09. The number of fused-ring (bicyclic) bond motifs is 2. The quantitative estimate of drug-likeness (QED) is 0.818. The molecule has 0 aromatic rings. The van der Waals surface area contributed by atoms with Crippen molar-refractivity contribution in [3.05, 3.63) is 0 Å². The van der Waals surface area contributed by atoms with Gasteiger partial charge in [0.1, 0.15) is 0 Å². The van der Waals surface area contributed by atoms with E-state index in [0.29, 0.717) is 18.4 Å². The van der Waals surface area contributed by atoms with Crippen LogP contribution in [-0.2, 0) is 9.53 Å². The molecular formula is C18H32N2O2. The number of carbonyl (C=O) groups is 1. The van der Waals surface area contributed by atoms with Crippen LogP contribution in [0.4, 0.5) is 0 Å². The largest absolute Gasteiger partial charge is 0.374 e. The average Bonchev–Trinajstić information content (AvgIpc) is 3.07. The fourth-order valence-electron chi connectivity index (χ4n) is 4.75. The molecule has 0 aromatic carbocycles. The van der Waals surface area contributed by atoms with E-state index in [9.17, 15) is 4.79 Å². The van der Waals surface area contributed by atoms with Crippen molar-refractivity contribution >= 4 is 5.91 Å². The number of hydrogen-bond acceptors (Lipinski definition) is 3. The second kappa shape index (κ2) is 7.31. The molecule has 2 saturated carbocycles. The first kappa shape index (κ1) is 16.3. The zero-order chi connectivity index (χ0) is 15.5. The van der Waals surface area contributed by atoms with E-state index in [1.165, 1.54) is 25.7 Å². The summed E-state index contributed by atoms with van der Waals surface area (Å²) >= 11 is 0. The predicted molar refractivity (Wildman–Crippen MR) is 87.6 cm³/mol. The second-order valence-electron chi connectivity index (χ2n) is 8.09. The Bertz CT molecular complexity index is 385. The van der Waals surface area contributed by atoms with Gasteiger partial charge in [-0.05, 0) is 42.9 Å². The van der Waals surface area contributed by atoms with Crippen LogP contribution in [0, 0.1) is 23.7 Å². The van der Waals surface area contributed by atoms with Crippen molar-refractivity contribution < 1.29 is 9.53 Å². The van der Waals surface area contributed by atoms with Crippen molar-refractivity contribution in [1.29, 1.82) is 0 Å². The SMILES string of the molecule is CC(C)CN1CCO[C@@H](CNC(=O)C[C@H]2C[C@H]3CC[C@H]2C3)C1. The van der Waals surface area contributed by atoms with Gasteiger partial charge in [-0.25, -0.2) is 0 Å². The van der Waals surface area contributed by atoms with Gasteiger partial charge in [0, 0.05) is 32.6 Å². The summed E-state index contributed by atoms with van der Waals surface area (Å²) in [5.41, 5.74) is 0. The van der Waals surface area contributed by atoms with Crippen molar-refractivity contribution in [3.63, 3.8) is 0 Å². The number of nitrogens with zero attached hydrogens (tertiary/aromatic N) is 1.